The summed E-state index contributed by atoms with van der Waals surface area (Å²) >= 11 is 1.86. The first kappa shape index (κ1) is 29.9. The molecular weight excluding hydrogens is 675 g/mol. The molecule has 1 aromatic heterocycles. The highest BCUT2D eigenvalue weighted by molar-refractivity contribution is 7.25. The van der Waals surface area contributed by atoms with Crippen LogP contribution < -0.4 is 9.64 Å². The van der Waals surface area contributed by atoms with Crippen LogP contribution >= 0.6 is 11.3 Å². The number of hydrogen-bond donors (Lipinski definition) is 0. The summed E-state index contributed by atoms with van der Waals surface area (Å²) in [6.45, 7) is 0. The van der Waals surface area contributed by atoms with Crippen LogP contribution in [0, 0.1) is 0 Å². The highest BCUT2D eigenvalue weighted by atomic mass is 32.1. The number of nitrogens with zero attached hydrogens (tertiary/aromatic N) is 1. The molecule has 2 aliphatic rings. The van der Waals surface area contributed by atoms with E-state index in [1.807, 2.05) is 11.3 Å². The lowest BCUT2D eigenvalue weighted by molar-refractivity contribution is 0.438. The minimum absolute atomic E-state index is 0.602. The predicted octanol–water partition coefficient (Wildman–Crippen LogP) is 14.3. The van der Waals surface area contributed by atoms with E-state index in [9.17, 15) is 0 Å². The molecule has 3 heteroatoms. The van der Waals surface area contributed by atoms with Crippen molar-refractivity contribution in [2.24, 2.45) is 0 Å². The van der Waals surface area contributed by atoms with E-state index in [-0.39, 0.29) is 0 Å². The standard InChI is InChI=1S/C51H31NOS/c1-2-13-34-29-35(23-21-32(34)11-1)52(36-25-28-49-42(30-36)41-16-6-10-20-48(41)54-49)37-24-26-40-39-15-5-7-17-43(39)51(45(40)31-37)44-18-8-9-19-46(44)53-47-27-22-33-12-3-4-14-38(33)50(47)51/h1-31H. The molecule has 0 radical (unpaired) electrons. The van der Waals surface area contributed by atoms with E-state index in [1.54, 1.807) is 0 Å². The summed E-state index contributed by atoms with van der Waals surface area (Å²) in [6, 6.07) is 69.1. The molecule has 1 aliphatic heterocycles. The normalized spacial score (nSPS) is 15.3. The zero-order chi connectivity index (χ0) is 35.4. The smallest absolute Gasteiger partial charge is 0.132 e. The van der Waals surface area contributed by atoms with Crippen LogP contribution in [0.4, 0.5) is 17.1 Å². The van der Waals surface area contributed by atoms with Crippen molar-refractivity contribution < 1.29 is 4.74 Å². The van der Waals surface area contributed by atoms with Crippen LogP contribution in [-0.4, -0.2) is 0 Å². The average molecular weight is 706 g/mol. The van der Waals surface area contributed by atoms with E-state index in [2.05, 4.69) is 193 Å². The van der Waals surface area contributed by atoms with Gasteiger partial charge in [-0.05, 0) is 104 Å². The van der Waals surface area contributed by atoms with E-state index < -0.39 is 5.41 Å². The number of fused-ring (bicyclic) bond motifs is 15. The Labute approximate surface area is 316 Å². The first-order valence-electron chi connectivity index (χ1n) is 18.5. The Morgan fingerprint density at radius 1 is 0.389 bits per heavy atom. The van der Waals surface area contributed by atoms with Crippen LogP contribution in [0.15, 0.2) is 188 Å². The topological polar surface area (TPSA) is 12.5 Å². The molecule has 12 rings (SSSR count). The van der Waals surface area contributed by atoms with Crippen LogP contribution in [0.2, 0.25) is 0 Å². The molecule has 1 spiro atoms. The molecule has 10 aromatic rings. The predicted molar refractivity (Wildman–Crippen MR) is 226 cm³/mol. The fourth-order valence-electron chi connectivity index (χ4n) is 9.42. The highest BCUT2D eigenvalue weighted by Crippen LogP contribution is 2.64. The Morgan fingerprint density at radius 3 is 1.94 bits per heavy atom. The van der Waals surface area contributed by atoms with E-state index in [1.165, 1.54) is 75.1 Å². The summed E-state index contributed by atoms with van der Waals surface area (Å²) < 4.78 is 9.42. The van der Waals surface area contributed by atoms with Crippen molar-refractivity contribution in [3.8, 4) is 22.6 Å². The second kappa shape index (κ2) is 11.2. The first-order valence-corrected chi connectivity index (χ1v) is 19.3. The van der Waals surface area contributed by atoms with Gasteiger partial charge in [-0.2, -0.15) is 0 Å². The highest BCUT2D eigenvalue weighted by Gasteiger charge is 2.52. The fraction of sp³-hybridized carbons (Fsp3) is 0.0196. The first-order chi connectivity index (χ1) is 26.8. The van der Waals surface area contributed by atoms with Gasteiger partial charge in [-0.15, -0.1) is 11.3 Å². The lowest BCUT2D eigenvalue weighted by atomic mass is 9.65. The molecule has 0 amide bonds. The number of hydrogen-bond acceptors (Lipinski definition) is 3. The molecule has 2 nitrogen and oxygen atoms in total. The maximum atomic E-state index is 6.82. The summed E-state index contributed by atoms with van der Waals surface area (Å²) in [5, 5.41) is 7.43. The Balaban J connectivity index is 1.18. The molecule has 0 saturated heterocycles. The summed E-state index contributed by atoms with van der Waals surface area (Å²) in [5.74, 6) is 1.80. The fourth-order valence-corrected chi connectivity index (χ4v) is 10.5. The SMILES string of the molecule is c1ccc2c(c1)Oc1ccc3ccccc3c1C21c2ccccc2-c2ccc(N(c3ccc4ccccc4c3)c3ccc4sc5ccccc5c4c3)cc21. The van der Waals surface area contributed by atoms with Gasteiger partial charge in [-0.25, -0.2) is 0 Å². The Hall–Kier alpha value is -6.68. The maximum Gasteiger partial charge on any atom is 0.132 e. The molecule has 9 aromatic carbocycles. The lowest BCUT2D eigenvalue weighted by Crippen LogP contribution is -2.32. The van der Waals surface area contributed by atoms with Crippen molar-refractivity contribution in [1.29, 1.82) is 0 Å². The summed E-state index contributed by atoms with van der Waals surface area (Å²) in [5.41, 5.74) is 10.2. The van der Waals surface area contributed by atoms with Crippen molar-refractivity contribution in [3.05, 3.63) is 210 Å². The van der Waals surface area contributed by atoms with Crippen LogP contribution in [0.5, 0.6) is 11.5 Å². The van der Waals surface area contributed by atoms with Gasteiger partial charge in [0.05, 0.1) is 5.41 Å². The molecule has 54 heavy (non-hydrogen) atoms. The maximum absolute atomic E-state index is 6.82. The number of para-hydroxylation sites is 1. The molecule has 0 N–H and O–H groups in total. The number of anilines is 3. The second-order valence-electron chi connectivity index (χ2n) is 14.4. The van der Waals surface area contributed by atoms with Gasteiger partial charge < -0.3 is 9.64 Å². The third-order valence-corrected chi connectivity index (χ3v) is 12.8. The second-order valence-corrected chi connectivity index (χ2v) is 15.5. The summed E-state index contributed by atoms with van der Waals surface area (Å²) in [6.07, 6.45) is 0. The van der Waals surface area contributed by atoms with Gasteiger partial charge in [-0.3, -0.25) is 0 Å². The van der Waals surface area contributed by atoms with E-state index in [0.717, 1.165) is 28.6 Å². The number of benzene rings is 9. The van der Waals surface area contributed by atoms with Gasteiger partial charge in [0.25, 0.3) is 0 Å². The Morgan fingerprint density at radius 2 is 1.02 bits per heavy atom. The minimum atomic E-state index is -0.602. The Bertz CT molecular complexity index is 3180. The van der Waals surface area contributed by atoms with Crippen molar-refractivity contribution in [2.75, 3.05) is 4.90 Å². The van der Waals surface area contributed by atoms with Crippen LogP contribution in [0.25, 0.3) is 52.8 Å². The van der Waals surface area contributed by atoms with Gasteiger partial charge in [0, 0.05) is 48.4 Å². The lowest BCUT2D eigenvalue weighted by Gasteiger charge is -2.40. The molecule has 0 saturated carbocycles. The molecule has 252 valence electrons. The minimum Gasteiger partial charge on any atom is -0.457 e. The molecule has 1 aliphatic carbocycles. The monoisotopic (exact) mass is 705 g/mol. The van der Waals surface area contributed by atoms with Crippen LogP contribution in [0.1, 0.15) is 22.3 Å². The van der Waals surface area contributed by atoms with E-state index in [4.69, 9.17) is 4.74 Å². The largest absolute Gasteiger partial charge is 0.457 e. The van der Waals surface area contributed by atoms with Gasteiger partial charge in [0.1, 0.15) is 11.5 Å². The van der Waals surface area contributed by atoms with Crippen molar-refractivity contribution in [2.45, 2.75) is 5.41 Å². The Kier molecular flexibility index (Phi) is 6.17. The van der Waals surface area contributed by atoms with Crippen molar-refractivity contribution in [1.82, 2.24) is 0 Å². The van der Waals surface area contributed by atoms with Crippen LogP contribution in [0.3, 0.4) is 0 Å². The van der Waals surface area contributed by atoms with Gasteiger partial charge in [0.2, 0.25) is 0 Å². The molecule has 0 bridgehead atoms. The molecule has 0 fully saturated rings. The van der Waals surface area contributed by atoms with E-state index in [0.29, 0.717) is 0 Å². The number of rotatable bonds is 3. The number of ether oxygens (including phenoxy) is 1. The number of thiophene rings is 1. The third-order valence-electron chi connectivity index (χ3n) is 11.7. The quantitative estimate of drug-likeness (QED) is 0.181. The van der Waals surface area contributed by atoms with E-state index >= 15 is 0 Å². The zero-order valence-corrected chi connectivity index (χ0v) is 30.0. The zero-order valence-electron chi connectivity index (χ0n) is 29.2. The summed E-state index contributed by atoms with van der Waals surface area (Å²) in [4.78, 5) is 2.45. The van der Waals surface area contributed by atoms with Crippen LogP contribution in [-0.2, 0) is 5.41 Å². The van der Waals surface area contributed by atoms with Crippen molar-refractivity contribution in [3.63, 3.8) is 0 Å². The van der Waals surface area contributed by atoms with Gasteiger partial charge in [0.15, 0.2) is 0 Å². The van der Waals surface area contributed by atoms with Crippen molar-refractivity contribution >= 4 is 70.1 Å². The summed E-state index contributed by atoms with van der Waals surface area (Å²) in [7, 11) is 0. The average Bonchev–Trinajstić information content (AvgIpc) is 3.74. The van der Waals surface area contributed by atoms with Gasteiger partial charge in [-0.1, -0.05) is 127 Å². The third kappa shape index (κ3) is 4.05. The molecule has 1 unspecified atom stereocenters. The molecular formula is C51H31NOS. The molecule has 2 heterocycles. The molecule has 1 atom stereocenters. The van der Waals surface area contributed by atoms with Gasteiger partial charge >= 0.3 is 0 Å².